The number of hydrogen-bond donors (Lipinski definition) is 1. The Hall–Kier alpha value is -1.55. The summed E-state index contributed by atoms with van der Waals surface area (Å²) >= 11 is 0. The third-order valence-corrected chi connectivity index (χ3v) is 2.86. The van der Waals surface area contributed by atoms with Crippen LogP contribution in [0.3, 0.4) is 0 Å². The normalized spacial score (nSPS) is 17.4. The van der Waals surface area contributed by atoms with E-state index in [9.17, 15) is 4.79 Å². The zero-order valence-electron chi connectivity index (χ0n) is 9.94. The summed E-state index contributed by atoms with van der Waals surface area (Å²) in [5, 5.41) is 2.82. The molecule has 0 saturated heterocycles. The van der Waals surface area contributed by atoms with Gasteiger partial charge in [-0.3, -0.25) is 4.79 Å². The van der Waals surface area contributed by atoms with Crippen LogP contribution in [-0.4, -0.2) is 32.8 Å². The van der Waals surface area contributed by atoms with Gasteiger partial charge in [0.05, 0.1) is 13.2 Å². The molecule has 4 heteroatoms. The van der Waals surface area contributed by atoms with Gasteiger partial charge in [-0.1, -0.05) is 18.2 Å². The number of carbonyl (C=O) groups excluding carboxylic acids is 1. The second-order valence-corrected chi connectivity index (χ2v) is 4.09. The summed E-state index contributed by atoms with van der Waals surface area (Å²) in [4.78, 5) is 11.7. The van der Waals surface area contributed by atoms with Gasteiger partial charge in [0.2, 0.25) is 5.91 Å². The van der Waals surface area contributed by atoms with Gasteiger partial charge >= 0.3 is 0 Å². The number of amides is 1. The van der Waals surface area contributed by atoms with Crippen molar-refractivity contribution in [3.63, 3.8) is 0 Å². The van der Waals surface area contributed by atoms with Gasteiger partial charge in [-0.15, -0.1) is 0 Å². The molecule has 1 heterocycles. The lowest BCUT2D eigenvalue weighted by Crippen LogP contribution is -2.28. The van der Waals surface area contributed by atoms with Crippen molar-refractivity contribution in [2.45, 2.75) is 12.3 Å². The van der Waals surface area contributed by atoms with Crippen LogP contribution in [0.1, 0.15) is 17.9 Å². The van der Waals surface area contributed by atoms with Crippen molar-refractivity contribution in [3.8, 4) is 5.75 Å². The van der Waals surface area contributed by atoms with Crippen LogP contribution in [0.2, 0.25) is 0 Å². The maximum atomic E-state index is 11.7. The van der Waals surface area contributed by atoms with Crippen LogP contribution in [0.25, 0.3) is 0 Å². The lowest BCUT2D eigenvalue weighted by Gasteiger charge is -2.09. The predicted molar refractivity (Wildman–Crippen MR) is 64.2 cm³/mol. The molecular weight excluding hydrogens is 218 g/mol. The van der Waals surface area contributed by atoms with Crippen molar-refractivity contribution in [3.05, 3.63) is 29.8 Å². The fraction of sp³-hybridized carbons (Fsp3) is 0.462. The highest BCUT2D eigenvalue weighted by molar-refractivity contribution is 5.77. The predicted octanol–water partition coefficient (Wildman–Crippen LogP) is 1.32. The SMILES string of the molecule is COCCNC(=O)CC1COc2ccccc21. The number of para-hydroxylation sites is 1. The molecule has 0 radical (unpaired) electrons. The van der Waals surface area contributed by atoms with Gasteiger partial charge in [-0.25, -0.2) is 0 Å². The molecule has 1 amide bonds. The molecule has 1 atom stereocenters. The van der Waals surface area contributed by atoms with Gasteiger partial charge in [0.15, 0.2) is 0 Å². The Morgan fingerprint density at radius 2 is 2.35 bits per heavy atom. The first-order chi connectivity index (χ1) is 8.31. The minimum absolute atomic E-state index is 0.0485. The van der Waals surface area contributed by atoms with E-state index in [4.69, 9.17) is 9.47 Å². The van der Waals surface area contributed by atoms with Crippen molar-refractivity contribution < 1.29 is 14.3 Å². The molecule has 0 spiro atoms. The smallest absolute Gasteiger partial charge is 0.220 e. The number of methoxy groups -OCH3 is 1. The van der Waals surface area contributed by atoms with E-state index in [0.29, 0.717) is 26.2 Å². The maximum absolute atomic E-state index is 11.7. The van der Waals surface area contributed by atoms with Crippen LogP contribution in [-0.2, 0) is 9.53 Å². The van der Waals surface area contributed by atoms with Crippen LogP contribution in [0.4, 0.5) is 0 Å². The molecule has 4 nitrogen and oxygen atoms in total. The van der Waals surface area contributed by atoms with E-state index in [1.165, 1.54) is 0 Å². The quantitative estimate of drug-likeness (QED) is 0.783. The van der Waals surface area contributed by atoms with E-state index in [2.05, 4.69) is 5.32 Å². The third-order valence-electron chi connectivity index (χ3n) is 2.86. The zero-order valence-corrected chi connectivity index (χ0v) is 9.94. The Kier molecular flexibility index (Phi) is 3.98. The van der Waals surface area contributed by atoms with E-state index in [-0.39, 0.29) is 11.8 Å². The van der Waals surface area contributed by atoms with Crippen molar-refractivity contribution in [2.24, 2.45) is 0 Å². The molecule has 0 aromatic heterocycles. The van der Waals surface area contributed by atoms with Crippen LogP contribution in [0, 0.1) is 0 Å². The van der Waals surface area contributed by atoms with Gasteiger partial charge < -0.3 is 14.8 Å². The van der Waals surface area contributed by atoms with Crippen LogP contribution < -0.4 is 10.1 Å². The zero-order chi connectivity index (χ0) is 12.1. The number of carbonyl (C=O) groups is 1. The number of nitrogens with one attached hydrogen (secondary N) is 1. The number of fused-ring (bicyclic) bond motifs is 1. The molecule has 1 aliphatic heterocycles. The highest BCUT2D eigenvalue weighted by Gasteiger charge is 2.25. The first kappa shape index (κ1) is 11.9. The second kappa shape index (κ2) is 5.68. The Morgan fingerprint density at radius 3 is 3.18 bits per heavy atom. The molecule has 0 saturated carbocycles. The minimum Gasteiger partial charge on any atom is -0.493 e. The Balaban J connectivity index is 1.87. The van der Waals surface area contributed by atoms with Crippen LogP contribution in [0.5, 0.6) is 5.75 Å². The molecular formula is C13H17NO3. The average molecular weight is 235 g/mol. The van der Waals surface area contributed by atoms with E-state index >= 15 is 0 Å². The first-order valence-electron chi connectivity index (χ1n) is 5.78. The molecule has 92 valence electrons. The monoisotopic (exact) mass is 235 g/mol. The number of benzene rings is 1. The summed E-state index contributed by atoms with van der Waals surface area (Å²) in [7, 11) is 1.62. The Bertz CT molecular complexity index is 392. The van der Waals surface area contributed by atoms with Gasteiger partial charge in [0.1, 0.15) is 5.75 Å². The number of rotatable bonds is 5. The molecule has 1 aromatic rings. The summed E-state index contributed by atoms with van der Waals surface area (Å²) in [6.07, 6.45) is 0.473. The lowest BCUT2D eigenvalue weighted by atomic mass is 9.98. The number of hydrogen-bond acceptors (Lipinski definition) is 3. The topological polar surface area (TPSA) is 47.6 Å². The van der Waals surface area contributed by atoms with Crippen molar-refractivity contribution in [1.82, 2.24) is 5.32 Å². The van der Waals surface area contributed by atoms with E-state index in [0.717, 1.165) is 11.3 Å². The lowest BCUT2D eigenvalue weighted by molar-refractivity contribution is -0.121. The Labute approximate surface area is 101 Å². The molecule has 0 bridgehead atoms. The van der Waals surface area contributed by atoms with Crippen molar-refractivity contribution in [2.75, 3.05) is 26.9 Å². The number of ether oxygens (including phenoxy) is 2. The molecule has 2 rings (SSSR count). The Morgan fingerprint density at radius 1 is 1.53 bits per heavy atom. The first-order valence-corrected chi connectivity index (χ1v) is 5.78. The molecule has 0 fully saturated rings. The molecule has 17 heavy (non-hydrogen) atoms. The maximum Gasteiger partial charge on any atom is 0.220 e. The molecule has 1 aliphatic rings. The summed E-state index contributed by atoms with van der Waals surface area (Å²) < 4.78 is 10.4. The standard InChI is InChI=1S/C13H17NO3/c1-16-7-6-14-13(15)8-10-9-17-12-5-3-2-4-11(10)12/h2-5,10H,6-9H2,1H3,(H,14,15). The molecule has 1 N–H and O–H groups in total. The van der Waals surface area contributed by atoms with E-state index in [1.54, 1.807) is 7.11 Å². The molecule has 1 aromatic carbocycles. The fourth-order valence-corrected chi connectivity index (χ4v) is 1.99. The van der Waals surface area contributed by atoms with E-state index < -0.39 is 0 Å². The van der Waals surface area contributed by atoms with Gasteiger partial charge in [-0.05, 0) is 6.07 Å². The molecule has 1 unspecified atom stereocenters. The van der Waals surface area contributed by atoms with Gasteiger partial charge in [-0.2, -0.15) is 0 Å². The third kappa shape index (κ3) is 2.97. The second-order valence-electron chi connectivity index (χ2n) is 4.09. The summed E-state index contributed by atoms with van der Waals surface area (Å²) in [5.41, 5.74) is 1.13. The van der Waals surface area contributed by atoms with Crippen LogP contribution >= 0.6 is 0 Å². The van der Waals surface area contributed by atoms with E-state index in [1.807, 2.05) is 24.3 Å². The summed E-state index contributed by atoms with van der Waals surface area (Å²) in [5.74, 6) is 1.13. The summed E-state index contributed by atoms with van der Waals surface area (Å²) in [6, 6.07) is 7.89. The minimum atomic E-state index is 0.0485. The highest BCUT2D eigenvalue weighted by atomic mass is 16.5. The van der Waals surface area contributed by atoms with Crippen molar-refractivity contribution in [1.29, 1.82) is 0 Å². The average Bonchev–Trinajstić information content (AvgIpc) is 2.73. The van der Waals surface area contributed by atoms with Gasteiger partial charge in [0.25, 0.3) is 0 Å². The largest absolute Gasteiger partial charge is 0.493 e. The van der Waals surface area contributed by atoms with Crippen molar-refractivity contribution >= 4 is 5.91 Å². The highest BCUT2D eigenvalue weighted by Crippen LogP contribution is 2.35. The summed E-state index contributed by atoms with van der Waals surface area (Å²) in [6.45, 7) is 1.70. The van der Waals surface area contributed by atoms with Gasteiger partial charge in [0, 0.05) is 31.6 Å². The fourth-order valence-electron chi connectivity index (χ4n) is 1.99. The molecule has 0 aliphatic carbocycles. The van der Waals surface area contributed by atoms with Crippen LogP contribution in [0.15, 0.2) is 24.3 Å².